The van der Waals surface area contributed by atoms with Gasteiger partial charge in [-0.1, -0.05) is 74.7 Å². The predicted octanol–water partition coefficient (Wildman–Crippen LogP) is 9.13. The highest BCUT2D eigenvalue weighted by Crippen LogP contribution is 2.68. The van der Waals surface area contributed by atoms with Crippen LogP contribution in [0.15, 0.2) is 0 Å². The second-order valence-corrected chi connectivity index (χ2v) is 10.9. The van der Waals surface area contributed by atoms with Crippen molar-refractivity contribution < 1.29 is 0 Å². The maximum absolute atomic E-state index is 2.73. The second-order valence-electron chi connectivity index (χ2n) is 10.9. The third kappa shape index (κ3) is 3.77. The van der Waals surface area contributed by atoms with Gasteiger partial charge in [-0.25, -0.2) is 0 Å². The van der Waals surface area contributed by atoms with Crippen LogP contribution in [0, 0.1) is 46.3 Å². The molecule has 0 heteroatoms. The molecule has 0 radical (unpaired) electrons. The Balaban J connectivity index is 0.000000844. The lowest BCUT2D eigenvalue weighted by atomic mass is 9.44. The van der Waals surface area contributed by atoms with Gasteiger partial charge in [0.2, 0.25) is 0 Å². The maximum Gasteiger partial charge on any atom is -0.0264 e. The number of hydrogen-bond acceptors (Lipinski definition) is 0. The fourth-order valence-corrected chi connectivity index (χ4v) is 8.93. The van der Waals surface area contributed by atoms with Crippen LogP contribution in [0.4, 0.5) is 0 Å². The van der Waals surface area contributed by atoms with Crippen LogP contribution in [-0.2, 0) is 0 Å². The Kier molecular flexibility index (Phi) is 7.94. The number of fused-ring (bicyclic) bond motifs is 5. The second kappa shape index (κ2) is 9.21. The normalized spacial score (nSPS) is 46.7. The van der Waals surface area contributed by atoms with E-state index in [4.69, 9.17) is 0 Å². The van der Waals surface area contributed by atoms with E-state index in [2.05, 4.69) is 27.7 Å². The van der Waals surface area contributed by atoms with Crippen molar-refractivity contribution in [3.8, 4) is 0 Å². The van der Waals surface area contributed by atoms with Gasteiger partial charge < -0.3 is 0 Å². The third-order valence-electron chi connectivity index (χ3n) is 10.1. The van der Waals surface area contributed by atoms with Crippen molar-refractivity contribution in [2.24, 2.45) is 46.3 Å². The van der Waals surface area contributed by atoms with Crippen molar-refractivity contribution in [2.45, 2.75) is 126 Å². The molecule has 160 valence electrons. The standard InChI is InChI=1S/C24H42.C2H6.CH4/c1-5-8-17(2)20-12-13-21-19-11-10-18-9-6-7-15-23(18,3)22(19)14-16-24(20,21)4;1-2;/h17-22H,5-16H2,1-4H3;1-2H3;1H4/t17-,18?,19?,20?,21?,22?,23?,24?;;/m1../s1. The molecule has 0 saturated heterocycles. The predicted molar refractivity (Wildman–Crippen MR) is 122 cm³/mol. The highest BCUT2D eigenvalue weighted by atomic mass is 14.6. The molecule has 7 unspecified atom stereocenters. The molecule has 4 rings (SSSR count). The zero-order chi connectivity index (χ0) is 18.9. The average molecular weight is 377 g/mol. The van der Waals surface area contributed by atoms with E-state index >= 15 is 0 Å². The summed E-state index contributed by atoms with van der Waals surface area (Å²) in [6.45, 7) is 14.4. The van der Waals surface area contributed by atoms with Crippen molar-refractivity contribution in [2.75, 3.05) is 0 Å². The molecular weight excluding hydrogens is 324 g/mol. The molecule has 0 aliphatic heterocycles. The summed E-state index contributed by atoms with van der Waals surface area (Å²) in [5.41, 5.74) is 1.41. The fraction of sp³-hybridized carbons (Fsp3) is 1.00. The number of rotatable bonds is 3. The maximum atomic E-state index is 2.73. The van der Waals surface area contributed by atoms with Crippen molar-refractivity contribution in [1.82, 2.24) is 0 Å². The Bertz CT molecular complexity index is 453. The van der Waals surface area contributed by atoms with Gasteiger partial charge in [-0.2, -0.15) is 0 Å². The van der Waals surface area contributed by atoms with Crippen molar-refractivity contribution in [1.29, 1.82) is 0 Å². The van der Waals surface area contributed by atoms with E-state index < -0.39 is 0 Å². The van der Waals surface area contributed by atoms with E-state index in [9.17, 15) is 0 Å². The number of hydrogen-bond donors (Lipinski definition) is 0. The fourth-order valence-electron chi connectivity index (χ4n) is 8.93. The van der Waals surface area contributed by atoms with E-state index in [1.807, 2.05) is 13.8 Å². The molecule has 0 heterocycles. The third-order valence-corrected chi connectivity index (χ3v) is 10.1. The lowest BCUT2D eigenvalue weighted by molar-refractivity contribution is -0.114. The quantitative estimate of drug-likeness (QED) is 0.460. The summed E-state index contributed by atoms with van der Waals surface area (Å²) in [6.07, 6.45) is 18.4. The molecule has 0 nitrogen and oxygen atoms in total. The Hall–Kier alpha value is 0. The highest BCUT2D eigenvalue weighted by Gasteiger charge is 2.59. The molecule has 0 amide bonds. The molecular formula is C27H52. The van der Waals surface area contributed by atoms with Gasteiger partial charge in [0.25, 0.3) is 0 Å². The topological polar surface area (TPSA) is 0 Å². The van der Waals surface area contributed by atoms with Gasteiger partial charge in [-0.05, 0) is 97.7 Å². The van der Waals surface area contributed by atoms with Crippen molar-refractivity contribution in [3.05, 3.63) is 0 Å². The van der Waals surface area contributed by atoms with Gasteiger partial charge >= 0.3 is 0 Å². The molecule has 0 bridgehead atoms. The van der Waals surface area contributed by atoms with E-state index in [1.165, 1.54) is 25.7 Å². The first-order valence-corrected chi connectivity index (χ1v) is 12.5. The molecule has 0 spiro atoms. The SMILES string of the molecule is C.CC.CCC[C@@H](C)C1CCC2C3CCC4CCCCC4(C)C3CCC21C. The first-order chi connectivity index (χ1) is 12.5. The minimum atomic E-state index is 0. The van der Waals surface area contributed by atoms with Gasteiger partial charge in [0.1, 0.15) is 0 Å². The van der Waals surface area contributed by atoms with Crippen LogP contribution in [0.25, 0.3) is 0 Å². The molecule has 4 aliphatic carbocycles. The Morgan fingerprint density at radius 1 is 0.815 bits per heavy atom. The summed E-state index contributed by atoms with van der Waals surface area (Å²) in [6, 6.07) is 0. The van der Waals surface area contributed by atoms with E-state index in [1.54, 1.807) is 51.4 Å². The summed E-state index contributed by atoms with van der Waals surface area (Å²) in [5.74, 6) is 6.30. The van der Waals surface area contributed by atoms with Crippen LogP contribution >= 0.6 is 0 Å². The lowest BCUT2D eigenvalue weighted by Crippen LogP contribution is -2.53. The highest BCUT2D eigenvalue weighted by molar-refractivity contribution is 5.09. The molecule has 0 aromatic carbocycles. The van der Waals surface area contributed by atoms with Gasteiger partial charge in [0.15, 0.2) is 0 Å². The van der Waals surface area contributed by atoms with Crippen molar-refractivity contribution in [3.63, 3.8) is 0 Å². The first kappa shape index (κ1) is 23.3. The minimum absolute atomic E-state index is 0. The van der Waals surface area contributed by atoms with Crippen LogP contribution in [-0.4, -0.2) is 0 Å². The van der Waals surface area contributed by atoms with E-state index in [0.717, 1.165) is 40.9 Å². The molecule has 0 aromatic heterocycles. The van der Waals surface area contributed by atoms with Crippen LogP contribution in [0.3, 0.4) is 0 Å². The smallest absolute Gasteiger partial charge is 0.0264 e. The van der Waals surface area contributed by atoms with Crippen molar-refractivity contribution >= 4 is 0 Å². The molecule has 27 heavy (non-hydrogen) atoms. The zero-order valence-corrected chi connectivity index (χ0v) is 18.9. The van der Waals surface area contributed by atoms with E-state index in [-0.39, 0.29) is 7.43 Å². The molecule has 0 N–H and O–H groups in total. The van der Waals surface area contributed by atoms with Crippen LogP contribution in [0.2, 0.25) is 0 Å². The van der Waals surface area contributed by atoms with Crippen LogP contribution < -0.4 is 0 Å². The van der Waals surface area contributed by atoms with Gasteiger partial charge in [0, 0.05) is 0 Å². The van der Waals surface area contributed by atoms with Gasteiger partial charge in [-0.15, -0.1) is 0 Å². The average Bonchev–Trinajstić information content (AvgIpc) is 3.00. The Morgan fingerprint density at radius 3 is 2.22 bits per heavy atom. The molecule has 4 saturated carbocycles. The van der Waals surface area contributed by atoms with Gasteiger partial charge in [0.05, 0.1) is 0 Å². The molecule has 8 atom stereocenters. The van der Waals surface area contributed by atoms with Crippen LogP contribution in [0.5, 0.6) is 0 Å². The summed E-state index contributed by atoms with van der Waals surface area (Å²) in [5, 5.41) is 0. The summed E-state index contributed by atoms with van der Waals surface area (Å²) < 4.78 is 0. The molecule has 0 aromatic rings. The van der Waals surface area contributed by atoms with Gasteiger partial charge in [-0.3, -0.25) is 0 Å². The van der Waals surface area contributed by atoms with E-state index in [0.29, 0.717) is 5.41 Å². The zero-order valence-electron chi connectivity index (χ0n) is 18.9. The summed E-state index contributed by atoms with van der Waals surface area (Å²) in [7, 11) is 0. The van der Waals surface area contributed by atoms with Crippen LogP contribution in [0.1, 0.15) is 126 Å². The summed E-state index contributed by atoms with van der Waals surface area (Å²) in [4.78, 5) is 0. The summed E-state index contributed by atoms with van der Waals surface area (Å²) >= 11 is 0. The minimum Gasteiger partial charge on any atom is -0.0776 e. The Morgan fingerprint density at radius 2 is 1.52 bits per heavy atom. The molecule has 4 aliphatic rings. The lowest BCUT2D eigenvalue weighted by Gasteiger charge is -2.61. The Labute approximate surface area is 172 Å². The first-order valence-electron chi connectivity index (χ1n) is 12.5. The largest absolute Gasteiger partial charge is 0.0776 e. The molecule has 4 fully saturated rings. The monoisotopic (exact) mass is 376 g/mol.